The summed E-state index contributed by atoms with van der Waals surface area (Å²) < 4.78 is 24.6. The highest BCUT2D eigenvalue weighted by molar-refractivity contribution is 7.89. The van der Waals surface area contributed by atoms with Crippen molar-refractivity contribution in [2.24, 2.45) is 5.73 Å². The molecule has 0 aromatic heterocycles. The van der Waals surface area contributed by atoms with Crippen molar-refractivity contribution in [1.29, 1.82) is 0 Å². The highest BCUT2D eigenvalue weighted by Crippen LogP contribution is 2.16. The van der Waals surface area contributed by atoms with E-state index in [1.54, 1.807) is 6.92 Å². The standard InChI is InChI=1S/C8H18N2O2S/c1-2-13(11,12)10-7-5-3-4-6-8(10)9/h8H,2-7,9H2,1H3. The van der Waals surface area contributed by atoms with Crippen LogP contribution in [0, 0.1) is 0 Å². The molecule has 2 N–H and O–H groups in total. The van der Waals surface area contributed by atoms with E-state index in [0.29, 0.717) is 6.54 Å². The number of hydrogen-bond acceptors (Lipinski definition) is 3. The quantitative estimate of drug-likeness (QED) is 0.715. The van der Waals surface area contributed by atoms with Gasteiger partial charge in [0.15, 0.2) is 0 Å². The molecule has 1 unspecified atom stereocenters. The normalized spacial score (nSPS) is 27.1. The van der Waals surface area contributed by atoms with Gasteiger partial charge in [-0.2, -0.15) is 4.31 Å². The fourth-order valence-electron chi connectivity index (χ4n) is 1.62. The Morgan fingerprint density at radius 2 is 2.08 bits per heavy atom. The van der Waals surface area contributed by atoms with E-state index in [1.165, 1.54) is 4.31 Å². The van der Waals surface area contributed by atoms with Gasteiger partial charge in [0.2, 0.25) is 10.0 Å². The van der Waals surface area contributed by atoms with Crippen molar-refractivity contribution in [2.45, 2.75) is 38.8 Å². The van der Waals surface area contributed by atoms with Gasteiger partial charge in [0.05, 0.1) is 11.9 Å². The minimum absolute atomic E-state index is 0.153. The van der Waals surface area contributed by atoms with E-state index in [9.17, 15) is 8.42 Å². The van der Waals surface area contributed by atoms with E-state index in [1.807, 2.05) is 0 Å². The first kappa shape index (κ1) is 10.9. The lowest BCUT2D eigenvalue weighted by molar-refractivity contribution is 0.330. The summed E-state index contributed by atoms with van der Waals surface area (Å²) >= 11 is 0. The van der Waals surface area contributed by atoms with Gasteiger partial charge in [-0.05, 0) is 19.8 Å². The van der Waals surface area contributed by atoms with Gasteiger partial charge in [-0.15, -0.1) is 0 Å². The summed E-state index contributed by atoms with van der Waals surface area (Å²) in [5.74, 6) is 0.153. The highest BCUT2D eigenvalue weighted by atomic mass is 32.2. The zero-order valence-electron chi connectivity index (χ0n) is 8.07. The van der Waals surface area contributed by atoms with Crippen LogP contribution in [0.1, 0.15) is 32.6 Å². The predicted octanol–water partition coefficient (Wildman–Crippen LogP) is 0.497. The number of rotatable bonds is 2. The summed E-state index contributed by atoms with van der Waals surface area (Å²) in [4.78, 5) is 0. The Labute approximate surface area is 80.1 Å². The molecule has 4 nitrogen and oxygen atoms in total. The van der Waals surface area contributed by atoms with E-state index in [-0.39, 0.29) is 11.9 Å². The third-order valence-corrected chi connectivity index (χ3v) is 4.37. The van der Waals surface area contributed by atoms with Crippen molar-refractivity contribution < 1.29 is 8.42 Å². The summed E-state index contributed by atoms with van der Waals surface area (Å²) in [5.41, 5.74) is 5.79. The van der Waals surface area contributed by atoms with Crippen LogP contribution in [0.4, 0.5) is 0 Å². The zero-order valence-corrected chi connectivity index (χ0v) is 8.89. The van der Waals surface area contributed by atoms with Crippen LogP contribution in [0.15, 0.2) is 0 Å². The molecule has 5 heteroatoms. The molecule has 0 aromatic rings. The van der Waals surface area contributed by atoms with Gasteiger partial charge in [0.1, 0.15) is 0 Å². The average Bonchev–Trinajstić information content (AvgIpc) is 2.30. The lowest BCUT2D eigenvalue weighted by Gasteiger charge is -2.25. The third-order valence-electron chi connectivity index (χ3n) is 2.47. The van der Waals surface area contributed by atoms with Crippen LogP contribution in [0.25, 0.3) is 0 Å². The van der Waals surface area contributed by atoms with E-state index >= 15 is 0 Å². The first-order chi connectivity index (χ1) is 6.08. The molecule has 78 valence electrons. The van der Waals surface area contributed by atoms with E-state index in [0.717, 1.165) is 25.7 Å². The van der Waals surface area contributed by atoms with Crippen molar-refractivity contribution in [3.63, 3.8) is 0 Å². The van der Waals surface area contributed by atoms with Crippen LogP contribution in [0.5, 0.6) is 0 Å². The fraction of sp³-hybridized carbons (Fsp3) is 1.00. The van der Waals surface area contributed by atoms with Crippen LogP contribution in [0.3, 0.4) is 0 Å². The lowest BCUT2D eigenvalue weighted by Crippen LogP contribution is -2.45. The van der Waals surface area contributed by atoms with Crippen molar-refractivity contribution in [3.8, 4) is 0 Å². The van der Waals surface area contributed by atoms with Gasteiger partial charge in [0.25, 0.3) is 0 Å². The molecule has 1 atom stereocenters. The molecule has 0 aliphatic carbocycles. The van der Waals surface area contributed by atoms with E-state index in [2.05, 4.69) is 0 Å². The molecule has 0 amide bonds. The predicted molar refractivity (Wildman–Crippen MR) is 52.6 cm³/mol. The molecule has 0 bridgehead atoms. The maximum absolute atomic E-state index is 11.6. The maximum atomic E-state index is 11.6. The molecule has 1 fully saturated rings. The second-order valence-electron chi connectivity index (χ2n) is 3.43. The van der Waals surface area contributed by atoms with Gasteiger partial charge in [-0.1, -0.05) is 12.8 Å². The molecule has 13 heavy (non-hydrogen) atoms. The largest absolute Gasteiger partial charge is 0.315 e. The van der Waals surface area contributed by atoms with Crippen molar-refractivity contribution in [3.05, 3.63) is 0 Å². The van der Waals surface area contributed by atoms with E-state index in [4.69, 9.17) is 5.73 Å². The summed E-state index contributed by atoms with van der Waals surface area (Å²) in [6.45, 7) is 2.25. The van der Waals surface area contributed by atoms with Gasteiger partial charge in [0, 0.05) is 6.54 Å². The fourth-order valence-corrected chi connectivity index (χ4v) is 2.88. The molecule has 1 rings (SSSR count). The molecule has 1 aliphatic heterocycles. The lowest BCUT2D eigenvalue weighted by atomic mass is 10.2. The molecule has 0 aromatic carbocycles. The van der Waals surface area contributed by atoms with Crippen LogP contribution < -0.4 is 5.73 Å². The maximum Gasteiger partial charge on any atom is 0.215 e. The topological polar surface area (TPSA) is 63.4 Å². The van der Waals surface area contributed by atoms with Gasteiger partial charge >= 0.3 is 0 Å². The Bertz CT molecular complexity index is 251. The minimum atomic E-state index is -3.09. The van der Waals surface area contributed by atoms with Crippen LogP contribution in [0.2, 0.25) is 0 Å². The van der Waals surface area contributed by atoms with Crippen LogP contribution in [-0.4, -0.2) is 31.2 Å². The SMILES string of the molecule is CCS(=O)(=O)N1CCCCCC1N. The molecule has 1 heterocycles. The van der Waals surface area contributed by atoms with Gasteiger partial charge < -0.3 is 5.73 Å². The van der Waals surface area contributed by atoms with Gasteiger partial charge in [-0.3, -0.25) is 0 Å². The molecule has 0 saturated carbocycles. The molecular weight excluding hydrogens is 188 g/mol. The van der Waals surface area contributed by atoms with Crippen molar-refractivity contribution in [2.75, 3.05) is 12.3 Å². The second kappa shape index (κ2) is 4.39. The van der Waals surface area contributed by atoms with E-state index < -0.39 is 10.0 Å². The summed E-state index contributed by atoms with van der Waals surface area (Å²) in [6.07, 6.45) is 3.56. The zero-order chi connectivity index (χ0) is 9.90. The summed E-state index contributed by atoms with van der Waals surface area (Å²) in [5, 5.41) is 0. The Kier molecular flexibility index (Phi) is 3.70. The summed E-state index contributed by atoms with van der Waals surface area (Å²) in [6, 6.07) is 0. The Hall–Kier alpha value is -0.130. The second-order valence-corrected chi connectivity index (χ2v) is 5.64. The molecule has 1 saturated heterocycles. The van der Waals surface area contributed by atoms with Crippen molar-refractivity contribution in [1.82, 2.24) is 4.31 Å². The monoisotopic (exact) mass is 206 g/mol. The smallest absolute Gasteiger partial charge is 0.215 e. The van der Waals surface area contributed by atoms with Crippen molar-refractivity contribution >= 4 is 10.0 Å². The third kappa shape index (κ3) is 2.65. The molecular formula is C8H18N2O2S. The first-order valence-corrected chi connectivity index (χ1v) is 6.44. The number of nitrogens with zero attached hydrogens (tertiary/aromatic N) is 1. The Morgan fingerprint density at radius 3 is 2.69 bits per heavy atom. The van der Waals surface area contributed by atoms with Gasteiger partial charge in [-0.25, -0.2) is 8.42 Å². The Balaban J connectivity index is 2.75. The average molecular weight is 206 g/mol. The molecule has 0 spiro atoms. The Morgan fingerprint density at radius 1 is 1.38 bits per heavy atom. The number of sulfonamides is 1. The minimum Gasteiger partial charge on any atom is -0.315 e. The summed E-state index contributed by atoms with van der Waals surface area (Å²) in [7, 11) is -3.09. The first-order valence-electron chi connectivity index (χ1n) is 4.83. The number of hydrogen-bond donors (Lipinski definition) is 1. The number of nitrogens with two attached hydrogens (primary N) is 1. The molecule has 0 radical (unpaired) electrons. The van der Waals surface area contributed by atoms with Crippen LogP contribution in [-0.2, 0) is 10.0 Å². The molecule has 1 aliphatic rings. The van der Waals surface area contributed by atoms with Crippen LogP contribution >= 0.6 is 0 Å². The highest BCUT2D eigenvalue weighted by Gasteiger charge is 2.26.